The third-order valence-electron chi connectivity index (χ3n) is 5.40. The van der Waals surface area contributed by atoms with Crippen LogP contribution in [0.4, 0.5) is 0 Å². The number of quaternary nitrogens is 1. The number of nitrogens with zero attached hydrogens (tertiary/aromatic N) is 2. The molecule has 0 aliphatic heterocycles. The van der Waals surface area contributed by atoms with Gasteiger partial charge in [0.15, 0.2) is 0 Å². The molecular weight excluding hydrogens is 282 g/mol. The van der Waals surface area contributed by atoms with E-state index in [-0.39, 0.29) is 22.2 Å². The van der Waals surface area contributed by atoms with Crippen LogP contribution in [0.25, 0.3) is 0 Å². The lowest BCUT2D eigenvalue weighted by atomic mass is 9.88. The predicted octanol–water partition coefficient (Wildman–Crippen LogP) is 4.26. The van der Waals surface area contributed by atoms with E-state index in [9.17, 15) is 0 Å². The second-order valence-electron chi connectivity index (χ2n) is 11.0. The monoisotopic (exact) mass is 328 g/mol. The maximum absolute atomic E-state index is 6.06. The van der Waals surface area contributed by atoms with Gasteiger partial charge in [0.1, 0.15) is 0 Å². The van der Waals surface area contributed by atoms with Crippen molar-refractivity contribution < 1.29 is 4.48 Å². The molecule has 3 nitrogen and oxygen atoms in total. The molecule has 0 aromatic carbocycles. The lowest BCUT2D eigenvalue weighted by Crippen LogP contribution is -2.72. The summed E-state index contributed by atoms with van der Waals surface area (Å²) in [6.07, 6.45) is 0. The van der Waals surface area contributed by atoms with Crippen LogP contribution in [0.5, 0.6) is 0 Å². The summed E-state index contributed by atoms with van der Waals surface area (Å²) in [5.41, 5.74) is 6.71. The molecule has 0 rings (SSSR count). The zero-order valence-electron chi connectivity index (χ0n) is 18.3. The molecule has 0 unspecified atom stereocenters. The van der Waals surface area contributed by atoms with Crippen molar-refractivity contribution >= 4 is 0 Å². The largest absolute Gasteiger partial charge is 0.326 e. The lowest BCUT2D eigenvalue weighted by molar-refractivity contribution is -1.01. The second kappa shape index (κ2) is 7.01. The van der Waals surface area contributed by atoms with Gasteiger partial charge in [-0.25, -0.2) is 0 Å². The van der Waals surface area contributed by atoms with Crippen molar-refractivity contribution in [1.82, 2.24) is 4.90 Å². The molecule has 0 spiro atoms. The molecule has 140 valence electrons. The Labute approximate surface area is 147 Å². The molecule has 0 heterocycles. The minimum atomic E-state index is 0.159. The summed E-state index contributed by atoms with van der Waals surface area (Å²) < 4.78 is 1.04. The van der Waals surface area contributed by atoms with Gasteiger partial charge in [0.25, 0.3) is 0 Å². The minimum Gasteiger partial charge on any atom is -0.326 e. The summed E-state index contributed by atoms with van der Waals surface area (Å²) in [4.78, 5) is 2.64. The molecule has 0 saturated heterocycles. The molecule has 2 N–H and O–H groups in total. The van der Waals surface area contributed by atoms with Gasteiger partial charge < -0.3 is 10.2 Å². The Morgan fingerprint density at radius 1 is 0.652 bits per heavy atom. The van der Waals surface area contributed by atoms with Crippen molar-refractivity contribution in [2.45, 2.75) is 105 Å². The van der Waals surface area contributed by atoms with Gasteiger partial charge in [-0.2, -0.15) is 0 Å². The van der Waals surface area contributed by atoms with Crippen LogP contribution in [-0.2, 0) is 0 Å². The van der Waals surface area contributed by atoms with Gasteiger partial charge in [-0.3, -0.25) is 4.90 Å². The average Bonchev–Trinajstić information content (AvgIpc) is 2.20. The summed E-state index contributed by atoms with van der Waals surface area (Å²) in [5.74, 6) is 0. The first-order chi connectivity index (χ1) is 9.90. The van der Waals surface area contributed by atoms with Crippen LogP contribution in [0, 0.1) is 0 Å². The van der Waals surface area contributed by atoms with E-state index in [4.69, 9.17) is 5.73 Å². The molecule has 0 aromatic heterocycles. The first kappa shape index (κ1) is 22.9. The highest BCUT2D eigenvalue weighted by Gasteiger charge is 2.49. The first-order valence-corrected chi connectivity index (χ1v) is 9.25. The zero-order valence-corrected chi connectivity index (χ0v) is 18.3. The van der Waals surface area contributed by atoms with E-state index in [0.29, 0.717) is 0 Å². The zero-order chi connectivity index (χ0) is 18.9. The number of hydrogen-bond donors (Lipinski definition) is 1. The molecule has 0 bridgehead atoms. The molecule has 0 aromatic rings. The fourth-order valence-electron chi connectivity index (χ4n) is 4.63. The van der Waals surface area contributed by atoms with Crippen LogP contribution in [0.3, 0.4) is 0 Å². The molecule has 0 saturated carbocycles. The SMILES string of the molecule is CC(C)(C)N(CC[N+](CCN)(C(C)(C)C)C(C)(C)C)C(C)(C)C. The summed E-state index contributed by atoms with van der Waals surface area (Å²) in [6.45, 7) is 32.1. The van der Waals surface area contributed by atoms with E-state index in [1.165, 1.54) is 0 Å². The van der Waals surface area contributed by atoms with Gasteiger partial charge >= 0.3 is 0 Å². The average molecular weight is 329 g/mol. The van der Waals surface area contributed by atoms with Crippen molar-refractivity contribution in [2.75, 3.05) is 26.2 Å². The summed E-state index contributed by atoms with van der Waals surface area (Å²) in [7, 11) is 0. The van der Waals surface area contributed by atoms with E-state index in [0.717, 1.165) is 30.7 Å². The normalized spacial score (nSPS) is 15.4. The molecule has 0 aliphatic carbocycles. The van der Waals surface area contributed by atoms with Crippen LogP contribution < -0.4 is 5.73 Å². The Morgan fingerprint density at radius 3 is 1.22 bits per heavy atom. The highest BCUT2D eigenvalue weighted by atomic mass is 15.5. The van der Waals surface area contributed by atoms with E-state index in [2.05, 4.69) is 88.0 Å². The number of rotatable bonds is 5. The molecule has 0 amide bonds. The van der Waals surface area contributed by atoms with Crippen LogP contribution in [-0.4, -0.2) is 57.7 Å². The Morgan fingerprint density at radius 2 is 1.00 bits per heavy atom. The van der Waals surface area contributed by atoms with Crippen LogP contribution in [0.2, 0.25) is 0 Å². The van der Waals surface area contributed by atoms with Crippen LogP contribution in [0.15, 0.2) is 0 Å². The van der Waals surface area contributed by atoms with Crippen LogP contribution in [0.1, 0.15) is 83.1 Å². The highest BCUT2D eigenvalue weighted by Crippen LogP contribution is 2.36. The van der Waals surface area contributed by atoms with Gasteiger partial charge in [0.2, 0.25) is 0 Å². The van der Waals surface area contributed by atoms with Gasteiger partial charge in [-0.05, 0) is 83.1 Å². The third-order valence-corrected chi connectivity index (χ3v) is 5.40. The molecule has 23 heavy (non-hydrogen) atoms. The summed E-state index contributed by atoms with van der Waals surface area (Å²) >= 11 is 0. The van der Waals surface area contributed by atoms with Gasteiger partial charge in [0.05, 0.1) is 24.2 Å². The Hall–Kier alpha value is -0.120. The van der Waals surface area contributed by atoms with E-state index in [1.807, 2.05) is 0 Å². The van der Waals surface area contributed by atoms with Crippen molar-refractivity contribution in [2.24, 2.45) is 5.73 Å². The number of nitrogens with two attached hydrogens (primary N) is 1. The van der Waals surface area contributed by atoms with E-state index < -0.39 is 0 Å². The molecule has 0 radical (unpaired) electrons. The quantitative estimate of drug-likeness (QED) is 0.764. The second-order valence-corrected chi connectivity index (χ2v) is 11.0. The Balaban J connectivity index is 5.73. The smallest absolute Gasteiger partial charge is 0.0924 e. The van der Waals surface area contributed by atoms with Crippen molar-refractivity contribution in [1.29, 1.82) is 0 Å². The molecule has 0 atom stereocenters. The topological polar surface area (TPSA) is 29.3 Å². The Kier molecular flexibility index (Phi) is 6.98. The lowest BCUT2D eigenvalue weighted by Gasteiger charge is -2.58. The van der Waals surface area contributed by atoms with Crippen molar-refractivity contribution in [3.8, 4) is 0 Å². The van der Waals surface area contributed by atoms with E-state index >= 15 is 0 Å². The molecule has 0 aliphatic rings. The number of hydrogen-bond acceptors (Lipinski definition) is 2. The van der Waals surface area contributed by atoms with Gasteiger partial charge in [0, 0.05) is 24.2 Å². The third kappa shape index (κ3) is 5.44. The van der Waals surface area contributed by atoms with Gasteiger partial charge in [-0.1, -0.05) is 0 Å². The fraction of sp³-hybridized carbons (Fsp3) is 1.00. The van der Waals surface area contributed by atoms with Crippen molar-refractivity contribution in [3.05, 3.63) is 0 Å². The molecule has 3 heteroatoms. The van der Waals surface area contributed by atoms with Crippen LogP contribution >= 0.6 is 0 Å². The highest BCUT2D eigenvalue weighted by molar-refractivity contribution is 4.87. The first-order valence-electron chi connectivity index (χ1n) is 9.25. The summed E-state index contributed by atoms with van der Waals surface area (Å²) in [5, 5.41) is 0. The minimum absolute atomic E-state index is 0.159. The standard InChI is InChI=1S/C20H46N3/c1-17(2,3)22(18(4,5)6)14-16-23(15-13-21,19(7,8)9)20(10,11)12/h13-16,21H2,1-12H3/q+1. The maximum atomic E-state index is 6.06. The van der Waals surface area contributed by atoms with Crippen molar-refractivity contribution in [3.63, 3.8) is 0 Å². The molecular formula is C20H46N3+. The Bertz CT molecular complexity index is 330. The predicted molar refractivity (Wildman–Crippen MR) is 105 cm³/mol. The van der Waals surface area contributed by atoms with Gasteiger partial charge in [-0.15, -0.1) is 0 Å². The maximum Gasteiger partial charge on any atom is 0.0924 e. The molecule has 0 fully saturated rings. The van der Waals surface area contributed by atoms with E-state index in [1.54, 1.807) is 0 Å². The fourth-order valence-corrected chi connectivity index (χ4v) is 4.63. The summed E-state index contributed by atoms with van der Waals surface area (Å²) in [6, 6.07) is 0.